The molecule has 1 aliphatic heterocycles. The van der Waals surface area contributed by atoms with E-state index in [1.165, 1.54) is 17.7 Å². The molecule has 0 saturated heterocycles. The van der Waals surface area contributed by atoms with Crippen molar-refractivity contribution in [2.45, 2.75) is 25.7 Å². The number of halogens is 3. The van der Waals surface area contributed by atoms with Crippen LogP contribution in [0, 0.1) is 0 Å². The molecule has 116 valence electrons. The molecule has 0 bridgehead atoms. The minimum Gasteiger partial charge on any atom is -0.406 e. The van der Waals surface area contributed by atoms with Gasteiger partial charge in [0.05, 0.1) is 0 Å². The van der Waals surface area contributed by atoms with Gasteiger partial charge in [-0.05, 0) is 42.2 Å². The SMILES string of the molecule is FC(F)(F)Oc1cccc(CN2CCCc3ccccc32)c1. The first-order valence-electron chi connectivity index (χ1n) is 7.19. The Labute approximate surface area is 127 Å². The minimum absolute atomic E-state index is 0.171. The summed E-state index contributed by atoms with van der Waals surface area (Å²) in [6.07, 6.45) is -2.56. The van der Waals surface area contributed by atoms with E-state index in [4.69, 9.17) is 0 Å². The maximum atomic E-state index is 12.3. The maximum absolute atomic E-state index is 12.3. The number of ether oxygens (including phenoxy) is 1. The normalized spacial score (nSPS) is 14.6. The van der Waals surface area contributed by atoms with Crippen molar-refractivity contribution in [2.24, 2.45) is 0 Å². The van der Waals surface area contributed by atoms with Crippen LogP contribution in [-0.4, -0.2) is 12.9 Å². The number of alkyl halides is 3. The molecule has 1 aliphatic rings. The Bertz CT molecular complexity index is 654. The number of para-hydroxylation sites is 1. The van der Waals surface area contributed by atoms with Crippen LogP contribution < -0.4 is 9.64 Å². The third-order valence-corrected chi connectivity index (χ3v) is 3.71. The van der Waals surface area contributed by atoms with Crippen LogP contribution in [0.15, 0.2) is 48.5 Å². The molecule has 0 amide bonds. The van der Waals surface area contributed by atoms with Crippen molar-refractivity contribution in [3.63, 3.8) is 0 Å². The molecule has 0 saturated carbocycles. The second-order valence-corrected chi connectivity index (χ2v) is 5.35. The molecule has 0 aromatic heterocycles. The molecular formula is C17H16F3NO. The molecule has 0 radical (unpaired) electrons. The number of anilines is 1. The van der Waals surface area contributed by atoms with E-state index in [2.05, 4.69) is 21.8 Å². The molecule has 2 aromatic rings. The lowest BCUT2D eigenvalue weighted by atomic mass is 10.0. The van der Waals surface area contributed by atoms with Gasteiger partial charge in [-0.3, -0.25) is 0 Å². The smallest absolute Gasteiger partial charge is 0.406 e. The van der Waals surface area contributed by atoms with Gasteiger partial charge in [-0.25, -0.2) is 0 Å². The van der Waals surface area contributed by atoms with Crippen LogP contribution in [0.2, 0.25) is 0 Å². The van der Waals surface area contributed by atoms with Gasteiger partial charge in [-0.15, -0.1) is 13.2 Å². The van der Waals surface area contributed by atoms with Gasteiger partial charge in [0.15, 0.2) is 0 Å². The van der Waals surface area contributed by atoms with Crippen LogP contribution in [0.4, 0.5) is 18.9 Å². The Morgan fingerprint density at radius 1 is 1.05 bits per heavy atom. The van der Waals surface area contributed by atoms with Crippen molar-refractivity contribution >= 4 is 5.69 Å². The standard InChI is InChI=1S/C17H16F3NO/c18-17(19,20)22-15-8-3-5-13(11-15)12-21-10-4-7-14-6-1-2-9-16(14)21/h1-3,5-6,8-9,11H,4,7,10,12H2. The summed E-state index contributed by atoms with van der Waals surface area (Å²) in [4.78, 5) is 2.20. The van der Waals surface area contributed by atoms with E-state index < -0.39 is 6.36 Å². The zero-order valence-corrected chi connectivity index (χ0v) is 11.9. The summed E-state index contributed by atoms with van der Waals surface area (Å²) in [7, 11) is 0. The number of aryl methyl sites for hydroxylation is 1. The molecule has 3 rings (SSSR count). The molecule has 0 fully saturated rings. The molecule has 0 spiro atoms. The fourth-order valence-electron chi connectivity index (χ4n) is 2.84. The fraction of sp³-hybridized carbons (Fsp3) is 0.294. The summed E-state index contributed by atoms with van der Waals surface area (Å²) in [6, 6.07) is 14.3. The van der Waals surface area contributed by atoms with E-state index in [1.54, 1.807) is 6.07 Å². The van der Waals surface area contributed by atoms with Gasteiger partial charge in [-0.2, -0.15) is 0 Å². The second kappa shape index (κ2) is 5.91. The highest BCUT2D eigenvalue weighted by Crippen LogP contribution is 2.29. The first-order valence-corrected chi connectivity index (χ1v) is 7.19. The minimum atomic E-state index is -4.66. The van der Waals surface area contributed by atoms with Crippen LogP contribution in [0.3, 0.4) is 0 Å². The number of hydrogen-bond donors (Lipinski definition) is 0. The van der Waals surface area contributed by atoms with E-state index in [1.807, 2.05) is 18.2 Å². The molecule has 2 aromatic carbocycles. The highest BCUT2D eigenvalue weighted by Gasteiger charge is 2.31. The summed E-state index contributed by atoms with van der Waals surface area (Å²) in [6.45, 7) is 1.48. The Morgan fingerprint density at radius 2 is 1.86 bits per heavy atom. The monoisotopic (exact) mass is 307 g/mol. The number of hydrogen-bond acceptors (Lipinski definition) is 2. The zero-order valence-electron chi connectivity index (χ0n) is 11.9. The largest absolute Gasteiger partial charge is 0.573 e. The third-order valence-electron chi connectivity index (χ3n) is 3.71. The Balaban J connectivity index is 1.78. The van der Waals surface area contributed by atoms with E-state index in [0.717, 1.165) is 30.6 Å². The van der Waals surface area contributed by atoms with Gasteiger partial charge < -0.3 is 9.64 Å². The van der Waals surface area contributed by atoms with Crippen molar-refractivity contribution in [3.05, 3.63) is 59.7 Å². The Morgan fingerprint density at radius 3 is 2.68 bits per heavy atom. The Hall–Kier alpha value is -2.17. The lowest BCUT2D eigenvalue weighted by Crippen LogP contribution is -2.28. The van der Waals surface area contributed by atoms with Gasteiger partial charge in [0, 0.05) is 18.8 Å². The molecule has 2 nitrogen and oxygen atoms in total. The van der Waals surface area contributed by atoms with Crippen LogP contribution >= 0.6 is 0 Å². The predicted molar refractivity (Wildman–Crippen MR) is 78.9 cm³/mol. The second-order valence-electron chi connectivity index (χ2n) is 5.35. The van der Waals surface area contributed by atoms with Gasteiger partial charge in [0.25, 0.3) is 0 Å². The van der Waals surface area contributed by atoms with Crippen LogP contribution in [-0.2, 0) is 13.0 Å². The molecule has 0 aliphatic carbocycles. The van der Waals surface area contributed by atoms with Crippen LogP contribution in [0.5, 0.6) is 5.75 Å². The van der Waals surface area contributed by atoms with E-state index in [9.17, 15) is 13.2 Å². The highest BCUT2D eigenvalue weighted by molar-refractivity contribution is 5.55. The Kier molecular flexibility index (Phi) is 3.96. The average molecular weight is 307 g/mol. The summed E-state index contributed by atoms with van der Waals surface area (Å²) < 4.78 is 40.9. The predicted octanol–water partition coefficient (Wildman–Crippen LogP) is 4.54. The lowest BCUT2D eigenvalue weighted by molar-refractivity contribution is -0.274. The number of benzene rings is 2. The topological polar surface area (TPSA) is 12.5 Å². The molecule has 0 unspecified atom stereocenters. The third kappa shape index (κ3) is 3.53. The summed E-state index contributed by atoms with van der Waals surface area (Å²) in [5, 5.41) is 0. The van der Waals surface area contributed by atoms with Crippen molar-refractivity contribution in [3.8, 4) is 5.75 Å². The number of fused-ring (bicyclic) bond motifs is 1. The molecule has 0 N–H and O–H groups in total. The van der Waals surface area contributed by atoms with Crippen LogP contribution in [0.25, 0.3) is 0 Å². The maximum Gasteiger partial charge on any atom is 0.573 e. The van der Waals surface area contributed by atoms with Gasteiger partial charge in [0.1, 0.15) is 5.75 Å². The van der Waals surface area contributed by atoms with E-state index >= 15 is 0 Å². The first kappa shape index (κ1) is 14.8. The fourth-order valence-corrected chi connectivity index (χ4v) is 2.84. The van der Waals surface area contributed by atoms with Crippen molar-refractivity contribution in [2.75, 3.05) is 11.4 Å². The first-order chi connectivity index (χ1) is 10.5. The van der Waals surface area contributed by atoms with Gasteiger partial charge >= 0.3 is 6.36 Å². The molecule has 0 atom stereocenters. The number of nitrogens with zero attached hydrogens (tertiary/aromatic N) is 1. The van der Waals surface area contributed by atoms with Crippen molar-refractivity contribution < 1.29 is 17.9 Å². The molecular weight excluding hydrogens is 291 g/mol. The van der Waals surface area contributed by atoms with E-state index in [-0.39, 0.29) is 5.75 Å². The van der Waals surface area contributed by atoms with Gasteiger partial charge in [-0.1, -0.05) is 30.3 Å². The van der Waals surface area contributed by atoms with Gasteiger partial charge in [0.2, 0.25) is 0 Å². The van der Waals surface area contributed by atoms with Crippen molar-refractivity contribution in [1.82, 2.24) is 0 Å². The number of rotatable bonds is 3. The average Bonchev–Trinajstić information content (AvgIpc) is 2.46. The quantitative estimate of drug-likeness (QED) is 0.825. The molecule has 5 heteroatoms. The van der Waals surface area contributed by atoms with Crippen LogP contribution in [0.1, 0.15) is 17.5 Å². The highest BCUT2D eigenvalue weighted by atomic mass is 19.4. The summed E-state index contributed by atoms with van der Waals surface area (Å²) in [5.74, 6) is -0.171. The van der Waals surface area contributed by atoms with E-state index in [0.29, 0.717) is 6.54 Å². The van der Waals surface area contributed by atoms with Crippen molar-refractivity contribution in [1.29, 1.82) is 0 Å². The lowest BCUT2D eigenvalue weighted by Gasteiger charge is -2.31. The molecule has 22 heavy (non-hydrogen) atoms. The molecule has 1 heterocycles. The zero-order chi connectivity index (χ0) is 15.6. The summed E-state index contributed by atoms with van der Waals surface area (Å²) in [5.41, 5.74) is 3.26. The summed E-state index contributed by atoms with van der Waals surface area (Å²) >= 11 is 0.